The van der Waals surface area contributed by atoms with E-state index in [4.69, 9.17) is 4.74 Å². The van der Waals surface area contributed by atoms with Gasteiger partial charge in [0.15, 0.2) is 0 Å². The van der Waals surface area contributed by atoms with E-state index in [1.54, 1.807) is 11.3 Å². The van der Waals surface area contributed by atoms with Gasteiger partial charge in [0.05, 0.1) is 0 Å². The molecule has 0 bridgehead atoms. The number of nitrogens with one attached hydrogen (secondary N) is 1. The molecule has 0 spiro atoms. The van der Waals surface area contributed by atoms with E-state index >= 15 is 0 Å². The van der Waals surface area contributed by atoms with Crippen LogP contribution in [0.25, 0.3) is 0 Å². The maximum atomic E-state index is 5.77. The van der Waals surface area contributed by atoms with Gasteiger partial charge in [0.2, 0.25) is 0 Å². The van der Waals surface area contributed by atoms with Gasteiger partial charge in [-0.1, -0.05) is 31.0 Å². The lowest BCUT2D eigenvalue weighted by Crippen LogP contribution is -3.00. The molecule has 1 aromatic heterocycles. The molecule has 0 radical (unpaired) electrons. The molecule has 0 saturated heterocycles. The Kier molecular flexibility index (Phi) is 6.55. The first kappa shape index (κ1) is 16.3. The molecule has 21 heavy (non-hydrogen) atoms. The van der Waals surface area contributed by atoms with Crippen molar-refractivity contribution in [2.24, 2.45) is 0 Å². The van der Waals surface area contributed by atoms with Gasteiger partial charge in [-0.15, -0.1) is 11.3 Å². The number of thiophene rings is 1. The summed E-state index contributed by atoms with van der Waals surface area (Å²) in [5, 5.41) is 5.71. The highest BCUT2D eigenvalue weighted by atomic mass is 35.5. The third-order valence-electron chi connectivity index (χ3n) is 3.83. The summed E-state index contributed by atoms with van der Waals surface area (Å²) in [5.74, 6) is 0.947. The summed E-state index contributed by atoms with van der Waals surface area (Å²) >= 11 is 1.73. The van der Waals surface area contributed by atoms with E-state index in [-0.39, 0.29) is 12.4 Å². The Labute approximate surface area is 136 Å². The fourth-order valence-electron chi connectivity index (χ4n) is 2.64. The van der Waals surface area contributed by atoms with Gasteiger partial charge >= 0.3 is 0 Å². The molecule has 0 atom stereocenters. The van der Waals surface area contributed by atoms with Crippen molar-refractivity contribution in [2.45, 2.75) is 44.9 Å². The van der Waals surface area contributed by atoms with Crippen LogP contribution in [0.3, 0.4) is 0 Å². The van der Waals surface area contributed by atoms with Crippen molar-refractivity contribution in [2.75, 3.05) is 0 Å². The monoisotopic (exact) mass is 322 g/mol. The van der Waals surface area contributed by atoms with Gasteiger partial charge in [-0.05, 0) is 42.0 Å². The van der Waals surface area contributed by atoms with E-state index in [1.807, 2.05) is 0 Å². The average molecular weight is 323 g/mol. The molecule has 1 saturated carbocycles. The first-order chi connectivity index (χ1) is 9.90. The number of halogens is 1. The van der Waals surface area contributed by atoms with Gasteiger partial charge in [-0.25, -0.2) is 0 Å². The second-order valence-electron chi connectivity index (χ2n) is 5.37. The van der Waals surface area contributed by atoms with Crippen LogP contribution in [0, 0.1) is 0 Å². The molecule has 114 valence electrons. The number of benzene rings is 1. The summed E-state index contributed by atoms with van der Waals surface area (Å²) in [5.41, 5.74) is 1.33. The number of hydrogen-bond acceptors (Lipinski definition) is 3. The van der Waals surface area contributed by atoms with Crippen LogP contribution in [0.1, 0.15) is 36.1 Å². The summed E-state index contributed by atoms with van der Waals surface area (Å²) < 4.78 is 5.77. The van der Waals surface area contributed by atoms with Gasteiger partial charge in [0.25, 0.3) is 0 Å². The van der Waals surface area contributed by atoms with Crippen LogP contribution in [0.5, 0.6) is 5.75 Å². The van der Waals surface area contributed by atoms with Crippen LogP contribution in [0.2, 0.25) is 0 Å². The molecule has 1 fully saturated rings. The largest absolute Gasteiger partial charge is 1.00 e. The van der Waals surface area contributed by atoms with Crippen LogP contribution < -0.4 is 22.5 Å². The molecule has 3 rings (SSSR count). The average Bonchev–Trinajstić information content (AvgIpc) is 3.17. The van der Waals surface area contributed by atoms with E-state index in [0.29, 0.717) is 6.61 Å². The van der Waals surface area contributed by atoms with Crippen LogP contribution in [-0.2, 0) is 13.2 Å². The second kappa shape index (κ2) is 8.42. The van der Waals surface area contributed by atoms with Crippen molar-refractivity contribution in [3.05, 3.63) is 52.2 Å². The topological polar surface area (TPSA) is 21.3 Å². The Morgan fingerprint density at radius 1 is 1.10 bits per heavy atom. The van der Waals surface area contributed by atoms with Crippen molar-refractivity contribution in [1.29, 1.82) is 0 Å². The number of ether oxygens (including phenoxy) is 1. The van der Waals surface area contributed by atoms with Crippen LogP contribution in [0.15, 0.2) is 41.8 Å². The van der Waals surface area contributed by atoms with E-state index in [0.717, 1.165) is 18.3 Å². The van der Waals surface area contributed by atoms with Crippen molar-refractivity contribution in [3.8, 4) is 5.75 Å². The quantitative estimate of drug-likeness (QED) is 0.867. The zero-order valence-electron chi connectivity index (χ0n) is 12.1. The highest BCUT2D eigenvalue weighted by molar-refractivity contribution is 7.09. The minimum atomic E-state index is 0. The van der Waals surface area contributed by atoms with Crippen LogP contribution in [0.4, 0.5) is 0 Å². The van der Waals surface area contributed by atoms with E-state index in [9.17, 15) is 0 Å². The Balaban J connectivity index is 0.00000161. The third kappa shape index (κ3) is 5.03. The normalized spacial score (nSPS) is 14.9. The Bertz CT molecular complexity index is 506. The minimum Gasteiger partial charge on any atom is -1.00 e. The fraction of sp³-hybridized carbons (Fsp3) is 0.412. The summed E-state index contributed by atoms with van der Waals surface area (Å²) in [6, 6.07) is 13.3. The summed E-state index contributed by atoms with van der Waals surface area (Å²) in [4.78, 5) is 1.26. The van der Waals surface area contributed by atoms with Gasteiger partial charge in [0.1, 0.15) is 12.4 Å². The van der Waals surface area contributed by atoms with E-state index in [1.165, 1.54) is 36.1 Å². The van der Waals surface area contributed by atoms with Crippen LogP contribution in [-0.4, -0.2) is 6.04 Å². The third-order valence-corrected chi connectivity index (χ3v) is 4.68. The maximum Gasteiger partial charge on any atom is 0.122 e. The Morgan fingerprint density at radius 2 is 1.86 bits per heavy atom. The summed E-state index contributed by atoms with van der Waals surface area (Å²) in [6.45, 7) is 1.63. The molecule has 1 aromatic carbocycles. The van der Waals surface area contributed by atoms with Gasteiger partial charge in [-0.3, -0.25) is 0 Å². The molecular weight excluding hydrogens is 302 g/mol. The number of rotatable bonds is 6. The van der Waals surface area contributed by atoms with Gasteiger partial charge < -0.3 is 22.5 Å². The summed E-state index contributed by atoms with van der Waals surface area (Å²) in [6.07, 6.45) is 5.43. The van der Waals surface area contributed by atoms with Gasteiger partial charge in [-0.2, -0.15) is 0 Å². The lowest BCUT2D eigenvalue weighted by atomic mass is 10.2. The van der Waals surface area contributed by atoms with Crippen LogP contribution >= 0.6 is 11.3 Å². The standard InChI is InChI=1S/C17H21NOS.ClH/c1-2-5-15(4-1)18-12-14-7-9-16(10-8-14)19-13-17-6-3-11-20-17;/h3,6-11,15,18H,1-2,4-5,12-13H2;1H/p-1. The SMILES string of the molecule is [Cl-].c1csc(COc2ccc(CNC3CCCC3)cc2)c1. The van der Waals surface area contributed by atoms with Crippen molar-refractivity contribution >= 4 is 11.3 Å². The lowest BCUT2D eigenvalue weighted by Gasteiger charge is -2.12. The maximum absolute atomic E-state index is 5.77. The van der Waals surface area contributed by atoms with Gasteiger partial charge in [0, 0.05) is 17.5 Å². The lowest BCUT2D eigenvalue weighted by molar-refractivity contribution is -0.00000445. The van der Waals surface area contributed by atoms with E-state index < -0.39 is 0 Å². The minimum absolute atomic E-state index is 0. The molecule has 0 unspecified atom stereocenters. The molecule has 1 aliphatic carbocycles. The number of hydrogen-bond donors (Lipinski definition) is 1. The smallest absolute Gasteiger partial charge is 0.122 e. The molecule has 4 heteroatoms. The molecule has 2 aromatic rings. The highest BCUT2D eigenvalue weighted by Gasteiger charge is 2.13. The molecule has 1 heterocycles. The Hall–Kier alpha value is -1.03. The molecular formula is C17H21ClNOS-. The molecule has 1 N–H and O–H groups in total. The highest BCUT2D eigenvalue weighted by Crippen LogP contribution is 2.19. The van der Waals surface area contributed by atoms with Crippen molar-refractivity contribution in [3.63, 3.8) is 0 Å². The van der Waals surface area contributed by atoms with E-state index in [2.05, 4.69) is 47.1 Å². The molecule has 0 aliphatic heterocycles. The molecule has 2 nitrogen and oxygen atoms in total. The second-order valence-corrected chi connectivity index (χ2v) is 6.41. The zero-order chi connectivity index (χ0) is 13.6. The molecule has 1 aliphatic rings. The van der Waals surface area contributed by atoms with Crippen molar-refractivity contribution < 1.29 is 17.1 Å². The van der Waals surface area contributed by atoms with Crippen molar-refractivity contribution in [1.82, 2.24) is 5.32 Å². The molecule has 0 amide bonds. The first-order valence-electron chi connectivity index (χ1n) is 7.38. The predicted octanol–water partition coefficient (Wildman–Crippen LogP) is 1.36. The predicted molar refractivity (Wildman–Crippen MR) is 84.2 cm³/mol. The first-order valence-corrected chi connectivity index (χ1v) is 8.25. The zero-order valence-corrected chi connectivity index (χ0v) is 13.6. The fourth-order valence-corrected chi connectivity index (χ4v) is 3.26. The Morgan fingerprint density at radius 3 is 2.52 bits per heavy atom. The summed E-state index contributed by atoms with van der Waals surface area (Å²) in [7, 11) is 0.